The molecule has 5 rings (SSSR count). The number of H-pyrrole nitrogens is 1. The van der Waals surface area contributed by atoms with Gasteiger partial charge in [-0.3, -0.25) is 4.79 Å². The lowest BCUT2D eigenvalue weighted by Gasteiger charge is -2.10. The Balaban J connectivity index is 1.56. The Hall–Kier alpha value is -3.24. The molecule has 2 aromatic heterocycles. The molecule has 0 aliphatic heterocycles. The maximum Gasteiger partial charge on any atom is 0.272 e. The highest BCUT2D eigenvalue weighted by Gasteiger charge is 2.20. The third kappa shape index (κ3) is 3.10. The number of halogens is 1. The lowest BCUT2D eigenvalue weighted by Crippen LogP contribution is -2.17. The van der Waals surface area contributed by atoms with Gasteiger partial charge in [-0.2, -0.15) is 0 Å². The van der Waals surface area contributed by atoms with Gasteiger partial charge in [0, 0.05) is 50.0 Å². The lowest BCUT2D eigenvalue weighted by molar-refractivity contribution is 0.101. The smallest absolute Gasteiger partial charge is 0.272 e. The molecule has 1 amide bonds. The van der Waals surface area contributed by atoms with Crippen molar-refractivity contribution in [2.45, 2.75) is 33.7 Å². The van der Waals surface area contributed by atoms with Crippen molar-refractivity contribution in [3.63, 3.8) is 0 Å². The van der Waals surface area contributed by atoms with Crippen molar-refractivity contribution in [1.29, 1.82) is 0 Å². The second kappa shape index (κ2) is 7.47. The molecule has 156 valence electrons. The molecule has 5 heteroatoms. The summed E-state index contributed by atoms with van der Waals surface area (Å²) in [6, 6.07) is 18.2. The normalized spacial score (nSPS) is 11.6. The lowest BCUT2D eigenvalue weighted by atomic mass is 10.1. The van der Waals surface area contributed by atoms with Gasteiger partial charge < -0.3 is 14.9 Å². The summed E-state index contributed by atoms with van der Waals surface area (Å²) in [6.07, 6.45) is 0.971. The van der Waals surface area contributed by atoms with Crippen LogP contribution in [0.15, 0.2) is 54.6 Å². The molecule has 0 radical (unpaired) electrons. The molecule has 0 aliphatic rings. The number of carbonyl (C=O) groups excluding carboxylic acids is 1. The Labute approximate surface area is 185 Å². The summed E-state index contributed by atoms with van der Waals surface area (Å²) < 4.78 is 2.05. The van der Waals surface area contributed by atoms with Crippen LogP contribution >= 0.6 is 11.6 Å². The number of para-hydroxylation sites is 1. The number of benzene rings is 3. The number of anilines is 1. The summed E-state index contributed by atoms with van der Waals surface area (Å²) in [6.45, 7) is 6.89. The summed E-state index contributed by atoms with van der Waals surface area (Å²) in [4.78, 5) is 16.8. The predicted octanol–water partition coefficient (Wildman–Crippen LogP) is 7.07. The van der Waals surface area contributed by atoms with Crippen LogP contribution in [0.25, 0.3) is 32.7 Å². The van der Waals surface area contributed by atoms with Crippen LogP contribution in [0.1, 0.15) is 35.5 Å². The number of hydrogen-bond acceptors (Lipinski definition) is 1. The van der Waals surface area contributed by atoms with Crippen LogP contribution < -0.4 is 5.32 Å². The van der Waals surface area contributed by atoms with Crippen LogP contribution in [0.4, 0.5) is 5.69 Å². The minimum atomic E-state index is -0.114. The highest BCUT2D eigenvalue weighted by Crippen LogP contribution is 2.31. The minimum absolute atomic E-state index is 0.114. The third-order valence-corrected chi connectivity index (χ3v) is 6.40. The Morgan fingerprint density at radius 2 is 1.87 bits per heavy atom. The summed E-state index contributed by atoms with van der Waals surface area (Å²) in [5.41, 5.74) is 6.89. The van der Waals surface area contributed by atoms with Crippen molar-refractivity contribution < 1.29 is 4.79 Å². The largest absolute Gasteiger partial charge is 0.354 e. The first-order valence-electron chi connectivity index (χ1n) is 10.6. The number of aromatic amines is 1. The van der Waals surface area contributed by atoms with E-state index in [1.165, 1.54) is 16.5 Å². The van der Waals surface area contributed by atoms with E-state index in [4.69, 9.17) is 11.6 Å². The van der Waals surface area contributed by atoms with E-state index in [0.29, 0.717) is 17.3 Å². The summed E-state index contributed by atoms with van der Waals surface area (Å²) in [7, 11) is 0. The van der Waals surface area contributed by atoms with Gasteiger partial charge in [-0.1, -0.05) is 42.8 Å². The van der Waals surface area contributed by atoms with E-state index in [0.717, 1.165) is 39.5 Å². The topological polar surface area (TPSA) is 49.8 Å². The standard InChI is InChI=1S/C26H24ClN3O/c1-4-16-7-6-8-20-19-11-10-18(14-22(19)29-24(16)20)28-26(31)25-15(3)21-13-17(27)9-12-23(21)30(25)5-2/h6-14,29H,4-5H2,1-3H3,(H,28,31). The molecule has 3 aromatic carbocycles. The van der Waals surface area contributed by atoms with Crippen molar-refractivity contribution in [1.82, 2.24) is 9.55 Å². The molecule has 4 nitrogen and oxygen atoms in total. The minimum Gasteiger partial charge on any atom is -0.354 e. The average Bonchev–Trinajstić information content (AvgIpc) is 3.27. The second-order valence-corrected chi connectivity index (χ2v) is 8.35. The number of nitrogens with zero attached hydrogens (tertiary/aromatic N) is 1. The van der Waals surface area contributed by atoms with Gasteiger partial charge in [0.1, 0.15) is 5.69 Å². The third-order valence-electron chi connectivity index (χ3n) is 6.17. The number of aromatic nitrogens is 2. The number of aryl methyl sites for hydroxylation is 3. The number of nitrogens with one attached hydrogen (secondary N) is 2. The van der Waals surface area contributed by atoms with E-state index in [1.54, 1.807) is 0 Å². The number of amides is 1. The molecule has 0 spiro atoms. The zero-order valence-electron chi connectivity index (χ0n) is 17.8. The average molecular weight is 430 g/mol. The van der Waals surface area contributed by atoms with Crippen LogP contribution in [-0.4, -0.2) is 15.5 Å². The van der Waals surface area contributed by atoms with Gasteiger partial charge in [-0.05, 0) is 61.7 Å². The fourth-order valence-electron chi connectivity index (χ4n) is 4.67. The fourth-order valence-corrected chi connectivity index (χ4v) is 4.84. The molecule has 31 heavy (non-hydrogen) atoms. The highest BCUT2D eigenvalue weighted by atomic mass is 35.5. The van der Waals surface area contributed by atoms with E-state index in [-0.39, 0.29) is 5.91 Å². The van der Waals surface area contributed by atoms with Crippen molar-refractivity contribution in [2.24, 2.45) is 0 Å². The molecular formula is C26H24ClN3O. The molecule has 2 N–H and O–H groups in total. The van der Waals surface area contributed by atoms with Gasteiger partial charge in [0.2, 0.25) is 0 Å². The first kappa shape index (κ1) is 19.7. The zero-order chi connectivity index (χ0) is 21.7. The van der Waals surface area contributed by atoms with Gasteiger partial charge in [0.25, 0.3) is 5.91 Å². The molecule has 0 atom stereocenters. The van der Waals surface area contributed by atoms with Crippen molar-refractivity contribution in [3.05, 3.63) is 76.4 Å². The Morgan fingerprint density at radius 3 is 2.65 bits per heavy atom. The molecule has 0 bridgehead atoms. The summed E-state index contributed by atoms with van der Waals surface area (Å²) >= 11 is 6.20. The van der Waals surface area contributed by atoms with Gasteiger partial charge in [-0.25, -0.2) is 0 Å². The van der Waals surface area contributed by atoms with E-state index in [9.17, 15) is 4.79 Å². The van der Waals surface area contributed by atoms with E-state index in [1.807, 2.05) is 48.7 Å². The van der Waals surface area contributed by atoms with Gasteiger partial charge in [0.05, 0.1) is 0 Å². The molecule has 2 heterocycles. The number of hydrogen-bond donors (Lipinski definition) is 2. The summed E-state index contributed by atoms with van der Waals surface area (Å²) in [5.74, 6) is -0.114. The van der Waals surface area contributed by atoms with Crippen molar-refractivity contribution in [3.8, 4) is 0 Å². The number of carbonyl (C=O) groups is 1. The number of rotatable bonds is 4. The van der Waals surface area contributed by atoms with Gasteiger partial charge in [0.15, 0.2) is 0 Å². The van der Waals surface area contributed by atoms with E-state index in [2.05, 4.69) is 41.5 Å². The quantitative estimate of drug-likeness (QED) is 0.315. The van der Waals surface area contributed by atoms with Gasteiger partial charge in [-0.15, -0.1) is 0 Å². The van der Waals surface area contributed by atoms with E-state index < -0.39 is 0 Å². The van der Waals surface area contributed by atoms with Crippen LogP contribution in [0.2, 0.25) is 5.02 Å². The maximum atomic E-state index is 13.3. The molecule has 0 aliphatic carbocycles. The second-order valence-electron chi connectivity index (χ2n) is 7.91. The first-order valence-corrected chi connectivity index (χ1v) is 11.0. The predicted molar refractivity (Wildman–Crippen MR) is 130 cm³/mol. The monoisotopic (exact) mass is 429 g/mol. The molecule has 0 unspecified atom stereocenters. The molecule has 0 saturated carbocycles. The van der Waals surface area contributed by atoms with Crippen molar-refractivity contribution in [2.75, 3.05) is 5.32 Å². The Kier molecular flexibility index (Phi) is 4.75. The molecular weight excluding hydrogens is 406 g/mol. The summed E-state index contributed by atoms with van der Waals surface area (Å²) in [5, 5.41) is 7.16. The van der Waals surface area contributed by atoms with Crippen LogP contribution in [0.3, 0.4) is 0 Å². The molecule has 5 aromatic rings. The van der Waals surface area contributed by atoms with E-state index >= 15 is 0 Å². The number of fused-ring (bicyclic) bond motifs is 4. The van der Waals surface area contributed by atoms with Crippen LogP contribution in [0.5, 0.6) is 0 Å². The highest BCUT2D eigenvalue weighted by molar-refractivity contribution is 6.31. The molecule has 0 fully saturated rings. The first-order chi connectivity index (χ1) is 15.0. The zero-order valence-corrected chi connectivity index (χ0v) is 18.6. The maximum absolute atomic E-state index is 13.3. The SMILES string of the molecule is CCc1cccc2c1[nH]c1cc(NC(=O)c3c(C)c4cc(Cl)ccc4n3CC)ccc12. The fraction of sp³-hybridized carbons (Fsp3) is 0.192. The van der Waals surface area contributed by atoms with Gasteiger partial charge >= 0.3 is 0 Å². The Bertz CT molecular complexity index is 1480. The van der Waals surface area contributed by atoms with Crippen LogP contribution in [-0.2, 0) is 13.0 Å². The van der Waals surface area contributed by atoms with Crippen LogP contribution in [0, 0.1) is 6.92 Å². The van der Waals surface area contributed by atoms with Crippen molar-refractivity contribution >= 4 is 55.9 Å². The Morgan fingerprint density at radius 1 is 1.03 bits per heavy atom. The molecule has 0 saturated heterocycles.